The van der Waals surface area contributed by atoms with Crippen LogP contribution >= 0.6 is 26.8 Å². The van der Waals surface area contributed by atoms with E-state index in [4.69, 9.17) is 35.4 Å². The first-order valence-electron chi connectivity index (χ1n) is 10.2. The van der Waals surface area contributed by atoms with Gasteiger partial charge in [-0.15, -0.1) is 5.10 Å². The average molecular weight is 544 g/mol. The van der Waals surface area contributed by atoms with Crippen LogP contribution in [0.4, 0.5) is 5.82 Å². The zero-order valence-corrected chi connectivity index (χ0v) is 20.1. The Balaban J connectivity index is 1.52. The summed E-state index contributed by atoms with van der Waals surface area (Å²) in [7, 11) is -9.49. The quantitative estimate of drug-likeness (QED) is 0.239. The highest BCUT2D eigenvalue weighted by molar-refractivity contribution is 7.70. The molecule has 15 nitrogen and oxygen atoms in total. The molecule has 2 aliphatic heterocycles. The van der Waals surface area contributed by atoms with E-state index in [2.05, 4.69) is 20.4 Å². The van der Waals surface area contributed by atoms with Crippen molar-refractivity contribution in [3.05, 3.63) is 17.2 Å². The van der Waals surface area contributed by atoms with Crippen LogP contribution < -0.4 is 5.32 Å². The van der Waals surface area contributed by atoms with Crippen molar-refractivity contribution in [2.24, 2.45) is 0 Å². The van der Waals surface area contributed by atoms with E-state index in [9.17, 15) is 24.2 Å². The summed E-state index contributed by atoms with van der Waals surface area (Å²) >= 11 is 6.09. The number of hydrogen-bond donors (Lipinski definition) is 6. The lowest BCUT2D eigenvalue weighted by Gasteiger charge is -2.23. The van der Waals surface area contributed by atoms with Gasteiger partial charge >= 0.3 is 15.2 Å². The van der Waals surface area contributed by atoms with Gasteiger partial charge in [0.2, 0.25) is 5.28 Å². The molecule has 0 amide bonds. The Morgan fingerprint density at radius 2 is 1.91 bits per heavy atom. The van der Waals surface area contributed by atoms with Gasteiger partial charge in [-0.3, -0.25) is 9.13 Å². The predicted octanol–water partition coefficient (Wildman–Crippen LogP) is -0.133. The van der Waals surface area contributed by atoms with Gasteiger partial charge in [-0.2, -0.15) is 4.98 Å². The molecule has 0 saturated carbocycles. The number of hydrogen-bond acceptors (Lipinski definition) is 11. The van der Waals surface area contributed by atoms with Crippen molar-refractivity contribution in [2.75, 3.05) is 31.0 Å². The van der Waals surface area contributed by atoms with Crippen LogP contribution in [-0.4, -0.2) is 94.6 Å². The number of anilines is 1. The van der Waals surface area contributed by atoms with Crippen LogP contribution in [0.1, 0.15) is 24.6 Å². The predicted molar refractivity (Wildman–Crippen MR) is 116 cm³/mol. The number of fused-ring (bicyclic) bond motifs is 1. The number of halogens is 1. The zero-order chi connectivity index (χ0) is 24.7. The van der Waals surface area contributed by atoms with Crippen LogP contribution in [-0.2, 0) is 23.1 Å². The number of aliphatic hydroxyl groups is 2. The number of nitrogens with one attached hydrogen (secondary N) is 1. The Morgan fingerprint density at radius 1 is 1.21 bits per heavy atom. The van der Waals surface area contributed by atoms with Gasteiger partial charge < -0.3 is 44.2 Å². The second-order valence-corrected chi connectivity index (χ2v) is 12.3. The molecule has 2 aromatic rings. The van der Waals surface area contributed by atoms with Gasteiger partial charge in [0, 0.05) is 19.3 Å². The Morgan fingerprint density at radius 3 is 2.59 bits per heavy atom. The summed E-state index contributed by atoms with van der Waals surface area (Å²) in [5.74, 6) is -1.02. The third kappa shape index (κ3) is 5.94. The molecule has 0 spiro atoms. The SMILES string of the molecule is O=P(O)(O)CP(=O)(O)OC[C@H]1O[C@@H](c2cnc3c(NC4CCOCC4)nc(Cl)nn23)[C@H](O)[C@@H]1O. The molecule has 2 saturated heterocycles. The fraction of sp³-hybridized carbons (Fsp3) is 0.688. The van der Waals surface area contributed by atoms with Crippen LogP contribution in [0.25, 0.3) is 5.65 Å². The molecular weight excluding hydrogens is 520 g/mol. The van der Waals surface area contributed by atoms with E-state index in [-0.39, 0.29) is 17.0 Å². The summed E-state index contributed by atoms with van der Waals surface area (Å²) in [5.41, 5.74) is 0.531. The highest BCUT2D eigenvalue weighted by atomic mass is 35.5. The van der Waals surface area contributed by atoms with Crippen molar-refractivity contribution in [3.63, 3.8) is 0 Å². The molecule has 4 heterocycles. The number of rotatable bonds is 8. The van der Waals surface area contributed by atoms with Crippen LogP contribution in [0.3, 0.4) is 0 Å². The minimum Gasteiger partial charge on any atom is -0.387 e. The standard InChI is InChI=1S/C16H24ClN5O10P2/c17-16-20-14(19-8-1-3-30-4-2-8)15-18-5-9(22(15)21-16)13-12(24)11(23)10(32-13)6-31-34(28,29)7-33(25,26)27/h5,8,10-13,23-24H,1-4,6-7H2,(H,28,29)(H,19,20,21)(H2,25,26,27)/t10-,11-,12-,13+/m1/s1. The molecule has 18 heteroatoms. The highest BCUT2D eigenvalue weighted by Gasteiger charge is 2.46. The summed E-state index contributed by atoms with van der Waals surface area (Å²) in [6.07, 6.45) is -2.59. The van der Waals surface area contributed by atoms with Crippen molar-refractivity contribution in [1.29, 1.82) is 0 Å². The number of imidazole rings is 1. The molecule has 0 aromatic carbocycles. The molecule has 2 aliphatic rings. The van der Waals surface area contributed by atoms with E-state index < -0.39 is 52.1 Å². The van der Waals surface area contributed by atoms with Gasteiger partial charge in [0.25, 0.3) is 0 Å². The summed E-state index contributed by atoms with van der Waals surface area (Å²) in [6, 6.07) is 0.0858. The third-order valence-corrected chi connectivity index (χ3v) is 9.00. The lowest BCUT2D eigenvalue weighted by molar-refractivity contribution is -0.0204. The summed E-state index contributed by atoms with van der Waals surface area (Å²) in [6.45, 7) is 0.501. The Bertz CT molecular complexity index is 1130. The molecule has 2 fully saturated rings. The smallest absolute Gasteiger partial charge is 0.340 e. The van der Waals surface area contributed by atoms with Crippen LogP contribution in [0.5, 0.6) is 0 Å². The van der Waals surface area contributed by atoms with Crippen LogP contribution in [0.15, 0.2) is 6.20 Å². The minimum atomic E-state index is -4.82. The number of ether oxygens (including phenoxy) is 2. The molecule has 5 atom stereocenters. The normalized spacial score (nSPS) is 28.3. The molecule has 6 N–H and O–H groups in total. The Labute approximate surface area is 197 Å². The number of aromatic nitrogens is 4. The van der Waals surface area contributed by atoms with Gasteiger partial charge in [-0.05, 0) is 24.4 Å². The monoisotopic (exact) mass is 543 g/mol. The minimum absolute atomic E-state index is 0.0858. The molecule has 1 unspecified atom stereocenters. The maximum atomic E-state index is 11.9. The van der Waals surface area contributed by atoms with E-state index in [0.717, 1.165) is 12.8 Å². The molecule has 2 aromatic heterocycles. The third-order valence-electron chi connectivity index (χ3n) is 5.38. The van der Waals surface area contributed by atoms with E-state index in [1.807, 2.05) is 0 Å². The molecule has 0 aliphatic carbocycles. The molecule has 4 rings (SSSR count). The van der Waals surface area contributed by atoms with Gasteiger partial charge in [-0.1, -0.05) is 0 Å². The largest absolute Gasteiger partial charge is 0.387 e. The van der Waals surface area contributed by atoms with E-state index in [1.165, 1.54) is 10.7 Å². The molecule has 190 valence electrons. The maximum absolute atomic E-state index is 11.9. The van der Waals surface area contributed by atoms with Crippen molar-refractivity contribution >= 4 is 38.3 Å². The first-order chi connectivity index (χ1) is 15.9. The summed E-state index contributed by atoms with van der Waals surface area (Å²) < 4.78 is 39.9. The summed E-state index contributed by atoms with van der Waals surface area (Å²) in [4.78, 5) is 35.9. The van der Waals surface area contributed by atoms with Gasteiger partial charge in [0.05, 0.1) is 18.5 Å². The molecular formula is C16H24ClN5O10P2. The lowest BCUT2D eigenvalue weighted by atomic mass is 10.1. The molecule has 0 radical (unpaired) electrons. The first kappa shape index (κ1) is 25.9. The Kier molecular flexibility index (Phi) is 7.63. The number of aliphatic hydroxyl groups excluding tert-OH is 2. The fourth-order valence-corrected chi connectivity index (χ4v) is 6.52. The van der Waals surface area contributed by atoms with E-state index in [1.54, 1.807) is 0 Å². The first-order valence-corrected chi connectivity index (χ1v) is 14.2. The Hall–Kier alpha value is -1.22. The van der Waals surface area contributed by atoms with E-state index >= 15 is 0 Å². The second kappa shape index (κ2) is 10.0. The maximum Gasteiger partial charge on any atom is 0.340 e. The van der Waals surface area contributed by atoms with Gasteiger partial charge in [0.1, 0.15) is 24.4 Å². The average Bonchev–Trinajstić information content (AvgIpc) is 3.27. The van der Waals surface area contributed by atoms with Crippen molar-refractivity contribution in [2.45, 2.75) is 43.3 Å². The highest BCUT2D eigenvalue weighted by Crippen LogP contribution is 2.55. The zero-order valence-electron chi connectivity index (χ0n) is 17.5. The lowest BCUT2D eigenvalue weighted by Crippen LogP contribution is -2.33. The molecule has 0 bridgehead atoms. The molecule has 34 heavy (non-hydrogen) atoms. The van der Waals surface area contributed by atoms with Crippen LogP contribution in [0, 0.1) is 0 Å². The number of nitrogens with zero attached hydrogens (tertiary/aromatic N) is 4. The van der Waals surface area contributed by atoms with Crippen LogP contribution in [0.2, 0.25) is 5.28 Å². The fourth-order valence-electron chi connectivity index (χ4n) is 3.79. The topological polar surface area (TPSA) is 218 Å². The van der Waals surface area contributed by atoms with Crippen molar-refractivity contribution in [3.8, 4) is 0 Å². The van der Waals surface area contributed by atoms with Crippen molar-refractivity contribution in [1.82, 2.24) is 19.6 Å². The van der Waals surface area contributed by atoms with Crippen molar-refractivity contribution < 1.29 is 48.0 Å². The van der Waals surface area contributed by atoms with E-state index in [0.29, 0.717) is 24.7 Å². The van der Waals surface area contributed by atoms with Gasteiger partial charge in [0.15, 0.2) is 17.4 Å². The second-order valence-electron chi connectivity index (χ2n) is 7.99. The van der Waals surface area contributed by atoms with Gasteiger partial charge in [-0.25, -0.2) is 9.50 Å². The summed E-state index contributed by atoms with van der Waals surface area (Å²) in [5, 5.41) is 28.2.